The van der Waals surface area contributed by atoms with Gasteiger partial charge in [-0.1, -0.05) is 25.1 Å². The van der Waals surface area contributed by atoms with Crippen molar-refractivity contribution in [1.29, 1.82) is 0 Å². The Morgan fingerprint density at radius 1 is 1.33 bits per heavy atom. The molecule has 1 unspecified atom stereocenters. The molecular weight excluding hydrogens is 331 g/mol. The maximum absolute atomic E-state index is 14.5. The number of hydrogen-bond acceptors (Lipinski definition) is 2. The van der Waals surface area contributed by atoms with E-state index in [0.29, 0.717) is 10.0 Å². The van der Waals surface area contributed by atoms with E-state index >= 15 is 0 Å². The predicted octanol–water partition coefficient (Wildman–Crippen LogP) is 4.69. The van der Waals surface area contributed by atoms with Crippen molar-refractivity contribution in [3.05, 3.63) is 63.1 Å². The van der Waals surface area contributed by atoms with E-state index in [1.54, 1.807) is 6.07 Å². The molecule has 0 aliphatic rings. The zero-order valence-electron chi connectivity index (χ0n) is 12.6. The van der Waals surface area contributed by atoms with Crippen LogP contribution in [0, 0.1) is 19.7 Å². The molecule has 0 aliphatic carbocycles. The molecular formula is C17H20BrFN2. The van der Waals surface area contributed by atoms with Crippen molar-refractivity contribution in [3.63, 3.8) is 0 Å². The molecule has 0 bridgehead atoms. The van der Waals surface area contributed by atoms with Gasteiger partial charge in [0.25, 0.3) is 0 Å². The maximum atomic E-state index is 14.5. The molecule has 0 saturated heterocycles. The van der Waals surface area contributed by atoms with Crippen LogP contribution in [0.25, 0.3) is 0 Å². The smallest absolute Gasteiger partial charge is 0.142 e. The molecule has 0 saturated carbocycles. The summed E-state index contributed by atoms with van der Waals surface area (Å²) in [6.07, 6.45) is 2.82. The minimum Gasteiger partial charge on any atom is -0.305 e. The first kappa shape index (κ1) is 16.1. The third kappa shape index (κ3) is 3.69. The standard InChI is InChI=1S/C17H20BrFN2/c1-4-8-20-17(13-6-5-7-14(18)15(13)19)16-12(3)9-11(2)10-21-16/h5-7,9-10,17,20H,4,8H2,1-3H3. The average Bonchev–Trinajstić information content (AvgIpc) is 2.45. The second-order valence-corrected chi connectivity index (χ2v) is 6.10. The van der Waals surface area contributed by atoms with Crippen molar-refractivity contribution in [1.82, 2.24) is 10.3 Å². The molecule has 2 aromatic rings. The summed E-state index contributed by atoms with van der Waals surface area (Å²) in [5.74, 6) is -0.229. The molecule has 1 heterocycles. The van der Waals surface area contributed by atoms with Gasteiger partial charge in [0.05, 0.1) is 16.2 Å². The topological polar surface area (TPSA) is 24.9 Å². The molecule has 0 spiro atoms. The molecule has 0 fully saturated rings. The van der Waals surface area contributed by atoms with Crippen molar-refractivity contribution in [2.24, 2.45) is 0 Å². The largest absolute Gasteiger partial charge is 0.305 e. The van der Waals surface area contributed by atoms with Crippen LogP contribution in [0.1, 0.15) is 41.8 Å². The quantitative estimate of drug-likeness (QED) is 0.845. The van der Waals surface area contributed by atoms with Gasteiger partial charge in [0, 0.05) is 11.8 Å². The van der Waals surface area contributed by atoms with Crippen LogP contribution in [-0.4, -0.2) is 11.5 Å². The predicted molar refractivity (Wildman–Crippen MR) is 87.9 cm³/mol. The van der Waals surface area contributed by atoms with E-state index in [-0.39, 0.29) is 11.9 Å². The Balaban J connectivity index is 2.49. The number of aromatic nitrogens is 1. The summed E-state index contributed by atoms with van der Waals surface area (Å²) in [5.41, 5.74) is 3.69. The Kier molecular flexibility index (Phi) is 5.48. The second-order valence-electron chi connectivity index (χ2n) is 5.24. The highest BCUT2D eigenvalue weighted by Gasteiger charge is 2.21. The van der Waals surface area contributed by atoms with Gasteiger partial charge in [-0.15, -0.1) is 0 Å². The number of pyridine rings is 1. The Bertz CT molecular complexity index is 628. The summed E-state index contributed by atoms with van der Waals surface area (Å²) in [6, 6.07) is 7.23. The van der Waals surface area contributed by atoms with Crippen LogP contribution in [0.4, 0.5) is 4.39 Å². The summed E-state index contributed by atoms with van der Waals surface area (Å²) in [7, 11) is 0. The van der Waals surface area contributed by atoms with Gasteiger partial charge in [0.2, 0.25) is 0 Å². The van der Waals surface area contributed by atoms with Crippen LogP contribution in [-0.2, 0) is 0 Å². The van der Waals surface area contributed by atoms with Crippen molar-refractivity contribution >= 4 is 15.9 Å². The SMILES string of the molecule is CCCNC(c1cccc(Br)c1F)c1ncc(C)cc1C. The molecule has 0 radical (unpaired) electrons. The lowest BCUT2D eigenvalue weighted by Gasteiger charge is -2.21. The fourth-order valence-electron chi connectivity index (χ4n) is 2.41. The molecule has 1 N–H and O–H groups in total. The summed E-state index contributed by atoms with van der Waals surface area (Å²) >= 11 is 3.26. The Morgan fingerprint density at radius 2 is 2.10 bits per heavy atom. The van der Waals surface area contributed by atoms with Crippen LogP contribution in [0.15, 0.2) is 34.9 Å². The van der Waals surface area contributed by atoms with Crippen LogP contribution in [0.2, 0.25) is 0 Å². The molecule has 2 nitrogen and oxygen atoms in total. The van der Waals surface area contributed by atoms with Crippen LogP contribution < -0.4 is 5.32 Å². The number of rotatable bonds is 5. The first-order valence-corrected chi connectivity index (χ1v) is 7.94. The fraction of sp³-hybridized carbons (Fsp3) is 0.353. The minimum atomic E-state index is -0.233. The molecule has 1 aromatic carbocycles. The normalized spacial score (nSPS) is 12.4. The number of benzene rings is 1. The molecule has 1 aromatic heterocycles. The molecule has 21 heavy (non-hydrogen) atoms. The Labute approximate surface area is 133 Å². The van der Waals surface area contributed by atoms with E-state index in [0.717, 1.165) is 29.8 Å². The molecule has 4 heteroatoms. The van der Waals surface area contributed by atoms with Crippen LogP contribution in [0.5, 0.6) is 0 Å². The first-order chi connectivity index (χ1) is 10.0. The van der Waals surface area contributed by atoms with Crippen LogP contribution in [0.3, 0.4) is 0 Å². The van der Waals surface area contributed by atoms with E-state index in [1.165, 1.54) is 0 Å². The van der Waals surface area contributed by atoms with Crippen molar-refractivity contribution in [3.8, 4) is 0 Å². The van der Waals surface area contributed by atoms with Crippen molar-refractivity contribution < 1.29 is 4.39 Å². The van der Waals surface area contributed by atoms with Gasteiger partial charge >= 0.3 is 0 Å². The van der Waals surface area contributed by atoms with E-state index in [4.69, 9.17) is 0 Å². The summed E-state index contributed by atoms with van der Waals surface area (Å²) in [6.45, 7) is 6.94. The second kappa shape index (κ2) is 7.14. The zero-order valence-corrected chi connectivity index (χ0v) is 14.2. The fourth-order valence-corrected chi connectivity index (χ4v) is 2.80. The third-order valence-corrected chi connectivity index (χ3v) is 4.03. The molecule has 112 valence electrons. The number of halogens is 2. The van der Waals surface area contributed by atoms with Crippen molar-refractivity contribution in [2.75, 3.05) is 6.54 Å². The van der Waals surface area contributed by atoms with Gasteiger partial charge in [0.15, 0.2) is 0 Å². The van der Waals surface area contributed by atoms with Gasteiger partial charge in [-0.2, -0.15) is 0 Å². The maximum Gasteiger partial charge on any atom is 0.142 e. The van der Waals surface area contributed by atoms with Crippen LogP contribution >= 0.6 is 15.9 Å². The highest BCUT2D eigenvalue weighted by Crippen LogP contribution is 2.29. The number of hydrogen-bond donors (Lipinski definition) is 1. The summed E-state index contributed by atoms with van der Waals surface area (Å²) in [5, 5.41) is 3.41. The van der Waals surface area contributed by atoms with Gasteiger partial charge < -0.3 is 5.32 Å². The Hall–Kier alpha value is -1.26. The number of nitrogens with zero attached hydrogens (tertiary/aromatic N) is 1. The molecule has 0 aliphatic heterocycles. The summed E-state index contributed by atoms with van der Waals surface area (Å²) < 4.78 is 14.9. The average molecular weight is 351 g/mol. The number of aryl methyl sites for hydroxylation is 2. The zero-order chi connectivity index (χ0) is 15.4. The van der Waals surface area contributed by atoms with Crippen molar-refractivity contribution in [2.45, 2.75) is 33.2 Å². The molecule has 1 atom stereocenters. The highest BCUT2D eigenvalue weighted by atomic mass is 79.9. The van der Waals surface area contributed by atoms with Gasteiger partial charge in [0.1, 0.15) is 5.82 Å². The first-order valence-electron chi connectivity index (χ1n) is 7.15. The molecule has 0 amide bonds. The monoisotopic (exact) mass is 350 g/mol. The minimum absolute atomic E-state index is 0.229. The summed E-state index contributed by atoms with van der Waals surface area (Å²) in [4.78, 5) is 4.53. The number of nitrogens with one attached hydrogen (secondary N) is 1. The lowest BCUT2D eigenvalue weighted by molar-refractivity contribution is 0.534. The van der Waals surface area contributed by atoms with E-state index in [2.05, 4.69) is 39.2 Å². The van der Waals surface area contributed by atoms with Gasteiger partial charge in [-0.3, -0.25) is 4.98 Å². The lowest BCUT2D eigenvalue weighted by Crippen LogP contribution is -2.26. The Morgan fingerprint density at radius 3 is 2.76 bits per heavy atom. The lowest BCUT2D eigenvalue weighted by atomic mass is 9.98. The van der Waals surface area contributed by atoms with E-state index in [1.807, 2.05) is 32.2 Å². The van der Waals surface area contributed by atoms with Gasteiger partial charge in [-0.25, -0.2) is 4.39 Å². The van der Waals surface area contributed by atoms with Gasteiger partial charge in [-0.05, 0) is 59.9 Å². The third-order valence-electron chi connectivity index (χ3n) is 3.42. The van der Waals surface area contributed by atoms with E-state index < -0.39 is 0 Å². The molecule has 2 rings (SSSR count). The highest BCUT2D eigenvalue weighted by molar-refractivity contribution is 9.10. The van der Waals surface area contributed by atoms with E-state index in [9.17, 15) is 4.39 Å².